The van der Waals surface area contributed by atoms with Crippen molar-refractivity contribution < 1.29 is 14.7 Å². The molecule has 0 aliphatic carbocycles. The van der Waals surface area contributed by atoms with E-state index in [1.54, 1.807) is 0 Å². The van der Waals surface area contributed by atoms with E-state index in [1.807, 2.05) is 13.8 Å². The molecule has 0 aromatic carbocycles. The highest BCUT2D eigenvalue weighted by atomic mass is 16.4. The molecule has 0 aliphatic heterocycles. The number of carboxylic acids is 1. The Labute approximate surface area is 103 Å². The quantitative estimate of drug-likeness (QED) is 0.571. The molecule has 5 heteroatoms. The summed E-state index contributed by atoms with van der Waals surface area (Å²) < 4.78 is 0. The summed E-state index contributed by atoms with van der Waals surface area (Å²) in [4.78, 5) is 22.3. The summed E-state index contributed by atoms with van der Waals surface area (Å²) in [6.07, 6.45) is 3.52. The fourth-order valence-electron chi connectivity index (χ4n) is 1.48. The minimum atomic E-state index is -0.984. The van der Waals surface area contributed by atoms with Crippen LogP contribution in [0.15, 0.2) is 0 Å². The number of hydrogen-bond acceptors (Lipinski definition) is 2. The van der Waals surface area contributed by atoms with E-state index in [0.29, 0.717) is 13.0 Å². The van der Waals surface area contributed by atoms with E-state index in [1.165, 1.54) is 0 Å². The molecule has 0 radical (unpaired) electrons. The highest BCUT2D eigenvalue weighted by molar-refractivity contribution is 5.82. The lowest BCUT2D eigenvalue weighted by Gasteiger charge is -2.16. The molecule has 0 unspecified atom stereocenters. The number of nitrogens with one attached hydrogen (secondary N) is 2. The Morgan fingerprint density at radius 2 is 1.88 bits per heavy atom. The lowest BCUT2D eigenvalue weighted by Crippen LogP contribution is -2.46. The Hall–Kier alpha value is -1.26. The van der Waals surface area contributed by atoms with Gasteiger partial charge in [-0.15, -0.1) is 0 Å². The predicted molar refractivity (Wildman–Crippen MR) is 66.9 cm³/mol. The summed E-state index contributed by atoms with van der Waals surface area (Å²) in [6, 6.07) is -1.20. The molecule has 5 nitrogen and oxygen atoms in total. The summed E-state index contributed by atoms with van der Waals surface area (Å²) in [7, 11) is 0. The minimum absolute atomic E-state index is 0.233. The van der Waals surface area contributed by atoms with Crippen molar-refractivity contribution in [2.45, 2.75) is 52.5 Å². The van der Waals surface area contributed by atoms with Crippen LogP contribution in [0.25, 0.3) is 0 Å². The number of carbonyl (C=O) groups is 2. The third kappa shape index (κ3) is 8.54. The molecule has 0 saturated heterocycles. The van der Waals surface area contributed by atoms with Crippen molar-refractivity contribution in [1.82, 2.24) is 10.6 Å². The molecule has 100 valence electrons. The van der Waals surface area contributed by atoms with Gasteiger partial charge in [-0.3, -0.25) is 0 Å². The van der Waals surface area contributed by atoms with Crippen molar-refractivity contribution in [2.24, 2.45) is 5.92 Å². The van der Waals surface area contributed by atoms with Gasteiger partial charge in [0.25, 0.3) is 0 Å². The number of carbonyl (C=O) groups excluding carboxylic acids is 1. The van der Waals surface area contributed by atoms with Gasteiger partial charge >= 0.3 is 12.0 Å². The molecule has 2 amide bonds. The van der Waals surface area contributed by atoms with Crippen molar-refractivity contribution in [1.29, 1.82) is 0 Å². The number of amides is 2. The number of hydrogen-bond donors (Lipinski definition) is 3. The Balaban J connectivity index is 3.91. The minimum Gasteiger partial charge on any atom is -0.480 e. The molecule has 3 N–H and O–H groups in total. The van der Waals surface area contributed by atoms with Gasteiger partial charge < -0.3 is 15.7 Å². The van der Waals surface area contributed by atoms with Gasteiger partial charge in [0.2, 0.25) is 0 Å². The van der Waals surface area contributed by atoms with Gasteiger partial charge in [-0.05, 0) is 18.8 Å². The molecule has 0 heterocycles. The van der Waals surface area contributed by atoms with E-state index in [-0.39, 0.29) is 5.92 Å². The molecular weight excluding hydrogens is 220 g/mol. The zero-order chi connectivity index (χ0) is 13.3. The average molecular weight is 244 g/mol. The SMILES string of the molecule is CCCCCNC(=O)N[C@@H](CC(C)C)C(=O)O. The van der Waals surface area contributed by atoms with Crippen LogP contribution in [0, 0.1) is 5.92 Å². The topological polar surface area (TPSA) is 78.4 Å². The lowest BCUT2D eigenvalue weighted by atomic mass is 10.0. The van der Waals surface area contributed by atoms with Gasteiger partial charge in [-0.1, -0.05) is 33.6 Å². The van der Waals surface area contributed by atoms with Gasteiger partial charge in [0.05, 0.1) is 0 Å². The van der Waals surface area contributed by atoms with Crippen LogP contribution in [0.4, 0.5) is 4.79 Å². The monoisotopic (exact) mass is 244 g/mol. The summed E-state index contributed by atoms with van der Waals surface area (Å²) in [6.45, 7) is 6.53. The first-order valence-corrected chi connectivity index (χ1v) is 6.24. The number of urea groups is 1. The molecule has 0 spiro atoms. The van der Waals surface area contributed by atoms with Crippen LogP contribution in [0.5, 0.6) is 0 Å². The number of carboxylic acid groups (broad SMARTS) is 1. The van der Waals surface area contributed by atoms with Crippen LogP contribution >= 0.6 is 0 Å². The van der Waals surface area contributed by atoms with Crippen molar-refractivity contribution in [2.75, 3.05) is 6.54 Å². The Morgan fingerprint density at radius 1 is 1.24 bits per heavy atom. The van der Waals surface area contributed by atoms with Crippen LogP contribution in [-0.2, 0) is 4.79 Å². The van der Waals surface area contributed by atoms with Gasteiger partial charge in [-0.25, -0.2) is 9.59 Å². The fraction of sp³-hybridized carbons (Fsp3) is 0.833. The van der Waals surface area contributed by atoms with Crippen LogP contribution in [-0.4, -0.2) is 29.7 Å². The third-order valence-electron chi connectivity index (χ3n) is 2.38. The first kappa shape index (κ1) is 15.7. The molecule has 0 fully saturated rings. The smallest absolute Gasteiger partial charge is 0.326 e. The van der Waals surface area contributed by atoms with Crippen LogP contribution in [0.3, 0.4) is 0 Å². The molecule has 0 rings (SSSR count). The number of aliphatic carboxylic acids is 1. The second-order valence-electron chi connectivity index (χ2n) is 4.63. The molecular formula is C12H24N2O3. The zero-order valence-electron chi connectivity index (χ0n) is 11.0. The van der Waals surface area contributed by atoms with Gasteiger partial charge in [0, 0.05) is 6.54 Å². The average Bonchev–Trinajstić information content (AvgIpc) is 2.22. The second kappa shape index (κ2) is 8.84. The molecule has 0 aliphatic rings. The second-order valence-corrected chi connectivity index (χ2v) is 4.63. The van der Waals surface area contributed by atoms with E-state index >= 15 is 0 Å². The predicted octanol–water partition coefficient (Wildman–Crippen LogP) is 1.98. The first-order valence-electron chi connectivity index (χ1n) is 6.24. The highest BCUT2D eigenvalue weighted by Crippen LogP contribution is 2.04. The maximum Gasteiger partial charge on any atom is 0.326 e. The third-order valence-corrected chi connectivity index (χ3v) is 2.38. The zero-order valence-corrected chi connectivity index (χ0v) is 11.0. The number of rotatable bonds is 8. The molecule has 1 atom stereocenters. The van der Waals surface area contributed by atoms with Crippen molar-refractivity contribution >= 4 is 12.0 Å². The van der Waals surface area contributed by atoms with E-state index in [2.05, 4.69) is 17.6 Å². The Kier molecular flexibility index (Phi) is 8.19. The fourth-order valence-corrected chi connectivity index (χ4v) is 1.48. The van der Waals surface area contributed by atoms with Crippen LogP contribution < -0.4 is 10.6 Å². The number of unbranched alkanes of at least 4 members (excludes halogenated alkanes) is 2. The van der Waals surface area contributed by atoms with Gasteiger partial charge in [0.1, 0.15) is 6.04 Å². The molecule has 0 aromatic heterocycles. The molecule has 0 bridgehead atoms. The van der Waals surface area contributed by atoms with Gasteiger partial charge in [-0.2, -0.15) is 0 Å². The summed E-state index contributed by atoms with van der Waals surface area (Å²) in [5.74, 6) is -0.751. The maximum absolute atomic E-state index is 11.4. The van der Waals surface area contributed by atoms with E-state index in [0.717, 1.165) is 19.3 Å². The summed E-state index contributed by atoms with van der Waals surface area (Å²) >= 11 is 0. The molecule has 0 aromatic rings. The van der Waals surface area contributed by atoms with Crippen molar-refractivity contribution in [3.8, 4) is 0 Å². The largest absolute Gasteiger partial charge is 0.480 e. The van der Waals surface area contributed by atoms with Gasteiger partial charge in [0.15, 0.2) is 0 Å². The summed E-state index contributed by atoms with van der Waals surface area (Å²) in [5, 5.41) is 14.1. The van der Waals surface area contributed by atoms with Crippen molar-refractivity contribution in [3.05, 3.63) is 0 Å². The lowest BCUT2D eigenvalue weighted by molar-refractivity contribution is -0.139. The summed E-state index contributed by atoms with van der Waals surface area (Å²) in [5.41, 5.74) is 0. The molecule has 17 heavy (non-hydrogen) atoms. The van der Waals surface area contributed by atoms with E-state index in [9.17, 15) is 9.59 Å². The van der Waals surface area contributed by atoms with E-state index < -0.39 is 18.0 Å². The Morgan fingerprint density at radius 3 is 2.35 bits per heavy atom. The first-order chi connectivity index (χ1) is 7.97. The molecule has 0 saturated carbocycles. The van der Waals surface area contributed by atoms with E-state index in [4.69, 9.17) is 5.11 Å². The maximum atomic E-state index is 11.4. The standard InChI is InChI=1S/C12H24N2O3/c1-4-5-6-7-13-12(17)14-10(11(15)16)8-9(2)3/h9-10H,4-8H2,1-3H3,(H,15,16)(H2,13,14,17)/t10-/m0/s1. The normalized spacial score (nSPS) is 12.2. The van der Waals surface area contributed by atoms with Crippen molar-refractivity contribution in [3.63, 3.8) is 0 Å². The van der Waals surface area contributed by atoms with Crippen LogP contribution in [0.2, 0.25) is 0 Å². The Bertz CT molecular complexity index is 242. The highest BCUT2D eigenvalue weighted by Gasteiger charge is 2.20. The van der Waals surface area contributed by atoms with Crippen LogP contribution in [0.1, 0.15) is 46.5 Å².